The van der Waals surface area contributed by atoms with Gasteiger partial charge in [-0.2, -0.15) is 0 Å². The lowest BCUT2D eigenvalue weighted by Gasteiger charge is -1.86. The van der Waals surface area contributed by atoms with Crippen molar-refractivity contribution in [3.05, 3.63) is 35.7 Å². The molecule has 0 fully saturated rings. The summed E-state index contributed by atoms with van der Waals surface area (Å²) < 4.78 is 12.3. The normalized spacial score (nSPS) is 8.44. The van der Waals surface area contributed by atoms with Crippen molar-refractivity contribution in [2.45, 2.75) is 0 Å². The molecule has 0 amide bonds. The molecule has 1 aromatic rings. The van der Waals surface area contributed by atoms with Gasteiger partial charge in [-0.15, -0.1) is 0 Å². The molecule has 0 aliphatic carbocycles. The third-order valence-corrected chi connectivity index (χ3v) is 0.871. The van der Waals surface area contributed by atoms with Crippen LogP contribution in [0.2, 0.25) is 0 Å². The molecule has 0 saturated carbocycles. The van der Waals surface area contributed by atoms with Crippen LogP contribution in [0.1, 0.15) is 0 Å². The monoisotopic (exact) mass is 122 g/mol. The molecule has 1 heterocycles. The summed E-state index contributed by atoms with van der Waals surface area (Å²) in [5.74, 6) is -0.562. The molecule has 9 heavy (non-hydrogen) atoms. The molecule has 44 valence electrons. The molecule has 2 nitrogen and oxygen atoms in total. The summed E-state index contributed by atoms with van der Waals surface area (Å²) in [7, 11) is 0. The molecule has 1 aromatic heterocycles. The number of pyridine rings is 1. The quantitative estimate of drug-likeness (QED) is 0.479. The zero-order valence-corrected chi connectivity index (χ0v) is 4.50. The van der Waals surface area contributed by atoms with E-state index in [1.165, 1.54) is 12.3 Å². The summed E-state index contributed by atoms with van der Waals surface area (Å²) in [6, 6.07) is 1.34. The molecular weight excluding hydrogens is 119 g/mol. The number of hydrogen-bond donors (Lipinski definition) is 0. The Morgan fingerprint density at radius 2 is 2.44 bits per heavy atom. The Kier molecular flexibility index (Phi) is 1.41. The molecule has 0 spiro atoms. The smallest absolute Gasteiger partial charge is 0.225 e. The van der Waals surface area contributed by atoms with Gasteiger partial charge in [-0.3, -0.25) is 4.98 Å². The average Bonchev–Trinajstić information content (AvgIpc) is 1.89. The van der Waals surface area contributed by atoms with Gasteiger partial charge in [0.05, 0.1) is 12.8 Å². The minimum absolute atomic E-state index is 0.0185. The Balaban J connectivity index is 3.20. The zero-order chi connectivity index (χ0) is 6.69. The Labute approximate surface area is 51.8 Å². The SMILES string of the molecule is [C-]#[N+]c1ccncc1F. The van der Waals surface area contributed by atoms with E-state index in [-0.39, 0.29) is 5.69 Å². The van der Waals surface area contributed by atoms with E-state index in [4.69, 9.17) is 6.57 Å². The van der Waals surface area contributed by atoms with Crippen molar-refractivity contribution in [2.24, 2.45) is 0 Å². The van der Waals surface area contributed by atoms with Gasteiger partial charge >= 0.3 is 0 Å². The van der Waals surface area contributed by atoms with Crippen LogP contribution < -0.4 is 0 Å². The first-order chi connectivity index (χ1) is 4.34. The number of nitrogens with zero attached hydrogens (tertiary/aromatic N) is 2. The second kappa shape index (κ2) is 2.23. The third kappa shape index (κ3) is 1.03. The highest BCUT2D eigenvalue weighted by Gasteiger charge is 1.96. The van der Waals surface area contributed by atoms with Gasteiger partial charge in [0.1, 0.15) is 5.82 Å². The van der Waals surface area contributed by atoms with Crippen molar-refractivity contribution in [3.8, 4) is 0 Å². The van der Waals surface area contributed by atoms with Crippen molar-refractivity contribution in [1.82, 2.24) is 4.98 Å². The highest BCUT2D eigenvalue weighted by Crippen LogP contribution is 2.13. The first-order valence-corrected chi connectivity index (χ1v) is 2.31. The van der Waals surface area contributed by atoms with Gasteiger partial charge in [0.2, 0.25) is 5.69 Å². The molecule has 3 heteroatoms. The lowest BCUT2D eigenvalue weighted by Crippen LogP contribution is -1.74. The lowest BCUT2D eigenvalue weighted by molar-refractivity contribution is 0.627. The fourth-order valence-corrected chi connectivity index (χ4v) is 0.459. The van der Waals surface area contributed by atoms with Crippen LogP contribution in [0.3, 0.4) is 0 Å². The van der Waals surface area contributed by atoms with Gasteiger partial charge in [0, 0.05) is 6.20 Å². The Hall–Kier alpha value is -1.43. The number of halogens is 1. The molecule has 0 N–H and O–H groups in total. The maximum atomic E-state index is 12.3. The summed E-state index contributed by atoms with van der Waals surface area (Å²) in [4.78, 5) is 6.38. The fraction of sp³-hybridized carbons (Fsp3) is 0. The Morgan fingerprint density at radius 1 is 1.67 bits per heavy atom. The van der Waals surface area contributed by atoms with E-state index >= 15 is 0 Å². The topological polar surface area (TPSA) is 17.2 Å². The number of rotatable bonds is 0. The van der Waals surface area contributed by atoms with Gasteiger partial charge in [-0.1, -0.05) is 0 Å². The van der Waals surface area contributed by atoms with E-state index in [2.05, 4.69) is 9.83 Å². The summed E-state index contributed by atoms with van der Waals surface area (Å²) in [6.07, 6.45) is 2.41. The van der Waals surface area contributed by atoms with E-state index < -0.39 is 5.82 Å². The highest BCUT2D eigenvalue weighted by atomic mass is 19.1. The highest BCUT2D eigenvalue weighted by molar-refractivity contribution is 5.43. The minimum atomic E-state index is -0.562. The predicted molar refractivity (Wildman–Crippen MR) is 30.5 cm³/mol. The van der Waals surface area contributed by atoms with E-state index in [0.717, 1.165) is 6.20 Å². The van der Waals surface area contributed by atoms with Crippen LogP contribution in [0, 0.1) is 12.4 Å². The molecular formula is C6H3FN2. The van der Waals surface area contributed by atoms with E-state index in [1.807, 2.05) is 0 Å². The average molecular weight is 122 g/mol. The molecule has 0 bridgehead atoms. The largest absolute Gasteiger partial charge is 0.264 e. The molecule has 0 saturated heterocycles. The Bertz CT molecular complexity index is 251. The summed E-state index contributed by atoms with van der Waals surface area (Å²) in [5, 5.41) is 0. The second-order valence-electron chi connectivity index (χ2n) is 1.44. The van der Waals surface area contributed by atoms with Crippen LogP contribution in [-0.2, 0) is 0 Å². The number of hydrogen-bond acceptors (Lipinski definition) is 1. The van der Waals surface area contributed by atoms with Crippen molar-refractivity contribution < 1.29 is 4.39 Å². The second-order valence-corrected chi connectivity index (χ2v) is 1.44. The lowest BCUT2D eigenvalue weighted by atomic mass is 10.4. The molecule has 1 rings (SSSR count). The van der Waals surface area contributed by atoms with E-state index in [0.29, 0.717) is 0 Å². The molecule has 0 radical (unpaired) electrons. The van der Waals surface area contributed by atoms with Gasteiger partial charge < -0.3 is 0 Å². The van der Waals surface area contributed by atoms with Gasteiger partial charge in [-0.05, 0) is 6.07 Å². The molecule has 0 aromatic carbocycles. The molecule has 0 atom stereocenters. The predicted octanol–water partition coefficient (Wildman–Crippen LogP) is 1.77. The van der Waals surface area contributed by atoms with Crippen LogP contribution in [0.5, 0.6) is 0 Å². The zero-order valence-electron chi connectivity index (χ0n) is 4.50. The van der Waals surface area contributed by atoms with E-state index in [9.17, 15) is 4.39 Å². The van der Waals surface area contributed by atoms with Crippen molar-refractivity contribution in [3.63, 3.8) is 0 Å². The van der Waals surface area contributed by atoms with Crippen LogP contribution in [-0.4, -0.2) is 4.98 Å². The fourth-order valence-electron chi connectivity index (χ4n) is 0.459. The molecule has 0 aliphatic rings. The van der Waals surface area contributed by atoms with Gasteiger partial charge in [-0.25, -0.2) is 9.24 Å². The van der Waals surface area contributed by atoms with Crippen molar-refractivity contribution >= 4 is 5.69 Å². The number of aromatic nitrogens is 1. The minimum Gasteiger partial charge on any atom is -0.264 e. The van der Waals surface area contributed by atoms with Gasteiger partial charge in [0.15, 0.2) is 0 Å². The molecule has 0 aliphatic heterocycles. The van der Waals surface area contributed by atoms with Gasteiger partial charge in [0.25, 0.3) is 0 Å². The Morgan fingerprint density at radius 3 is 2.89 bits per heavy atom. The first kappa shape index (κ1) is 5.70. The van der Waals surface area contributed by atoms with Crippen LogP contribution in [0.4, 0.5) is 10.1 Å². The van der Waals surface area contributed by atoms with E-state index in [1.54, 1.807) is 0 Å². The van der Waals surface area contributed by atoms with Crippen LogP contribution in [0.15, 0.2) is 18.5 Å². The maximum Gasteiger partial charge on any atom is 0.225 e. The summed E-state index contributed by atoms with van der Waals surface area (Å²) in [6.45, 7) is 6.44. The van der Waals surface area contributed by atoms with Crippen LogP contribution in [0.25, 0.3) is 4.85 Å². The third-order valence-electron chi connectivity index (χ3n) is 0.871. The summed E-state index contributed by atoms with van der Waals surface area (Å²) >= 11 is 0. The summed E-state index contributed by atoms with van der Waals surface area (Å²) in [5.41, 5.74) is 0.0185. The van der Waals surface area contributed by atoms with Crippen molar-refractivity contribution in [2.75, 3.05) is 0 Å². The molecule has 0 unspecified atom stereocenters. The maximum absolute atomic E-state index is 12.3. The van der Waals surface area contributed by atoms with Crippen LogP contribution >= 0.6 is 0 Å². The standard InChI is InChI=1S/C6H3FN2/c1-8-6-2-3-9-4-5(6)7/h2-4H. The first-order valence-electron chi connectivity index (χ1n) is 2.31. The van der Waals surface area contributed by atoms with Crippen molar-refractivity contribution in [1.29, 1.82) is 0 Å².